The molecule has 1 aliphatic rings. The van der Waals surface area contributed by atoms with Crippen LogP contribution < -0.4 is 9.64 Å². The zero-order chi connectivity index (χ0) is 16.9. The molecular formula is C20H22BrNO2. The van der Waals surface area contributed by atoms with E-state index in [9.17, 15) is 4.79 Å². The van der Waals surface area contributed by atoms with Crippen LogP contribution in [0, 0.1) is 0 Å². The molecule has 0 N–H and O–H groups in total. The summed E-state index contributed by atoms with van der Waals surface area (Å²) in [6.45, 7) is 3.45. The Balaban J connectivity index is 1.55. The minimum atomic E-state index is 0.206. The Bertz CT molecular complexity index is 712. The van der Waals surface area contributed by atoms with Crippen molar-refractivity contribution < 1.29 is 9.53 Å². The van der Waals surface area contributed by atoms with Crippen molar-refractivity contribution in [1.82, 2.24) is 0 Å². The minimum Gasteiger partial charge on any atom is -0.494 e. The first-order valence-corrected chi connectivity index (χ1v) is 9.27. The first-order chi connectivity index (χ1) is 11.7. The van der Waals surface area contributed by atoms with E-state index in [1.54, 1.807) is 0 Å². The summed E-state index contributed by atoms with van der Waals surface area (Å²) >= 11 is 3.50. The summed E-state index contributed by atoms with van der Waals surface area (Å²) in [5.74, 6) is 1.10. The number of amides is 1. The van der Waals surface area contributed by atoms with Crippen LogP contribution in [0.25, 0.3) is 0 Å². The standard InChI is InChI=1S/C20H22BrNO2/c1-2-15-4-8-18(9-5-15)24-13-3-12-22-19-10-7-17(21)14-16(19)6-11-20(22)23/h4-5,7-10,14H,2-3,6,11-13H2,1H3. The number of halogens is 1. The van der Waals surface area contributed by atoms with Gasteiger partial charge in [-0.1, -0.05) is 35.0 Å². The number of hydrogen-bond donors (Lipinski definition) is 0. The Labute approximate surface area is 151 Å². The van der Waals surface area contributed by atoms with Crippen molar-refractivity contribution in [3.8, 4) is 5.75 Å². The molecule has 0 spiro atoms. The number of ether oxygens (including phenoxy) is 1. The molecule has 0 bridgehead atoms. The second kappa shape index (κ2) is 7.84. The van der Waals surface area contributed by atoms with E-state index in [1.807, 2.05) is 29.2 Å². The molecule has 0 saturated carbocycles. The normalized spacial score (nSPS) is 13.8. The van der Waals surface area contributed by atoms with Gasteiger partial charge in [-0.15, -0.1) is 0 Å². The number of carbonyl (C=O) groups is 1. The maximum Gasteiger partial charge on any atom is 0.227 e. The zero-order valence-corrected chi connectivity index (χ0v) is 15.5. The van der Waals surface area contributed by atoms with E-state index >= 15 is 0 Å². The Hall–Kier alpha value is -1.81. The number of benzene rings is 2. The fourth-order valence-electron chi connectivity index (χ4n) is 3.01. The highest BCUT2D eigenvalue weighted by atomic mass is 79.9. The fraction of sp³-hybridized carbons (Fsp3) is 0.350. The topological polar surface area (TPSA) is 29.5 Å². The summed E-state index contributed by atoms with van der Waals surface area (Å²) in [6, 6.07) is 14.3. The second-order valence-corrected chi connectivity index (χ2v) is 6.93. The highest BCUT2D eigenvalue weighted by Gasteiger charge is 2.23. The summed E-state index contributed by atoms with van der Waals surface area (Å²) in [6.07, 6.45) is 3.26. The highest BCUT2D eigenvalue weighted by Crippen LogP contribution is 2.30. The number of hydrogen-bond acceptors (Lipinski definition) is 2. The van der Waals surface area contributed by atoms with E-state index in [0.29, 0.717) is 19.6 Å². The molecule has 0 unspecified atom stereocenters. The molecule has 0 fully saturated rings. The first kappa shape index (κ1) is 17.0. The Morgan fingerprint density at radius 2 is 1.92 bits per heavy atom. The van der Waals surface area contributed by atoms with Crippen LogP contribution >= 0.6 is 15.9 Å². The van der Waals surface area contributed by atoms with Crippen molar-refractivity contribution in [2.45, 2.75) is 32.6 Å². The highest BCUT2D eigenvalue weighted by molar-refractivity contribution is 9.10. The third-order valence-electron chi connectivity index (χ3n) is 4.37. The maximum absolute atomic E-state index is 12.3. The molecule has 24 heavy (non-hydrogen) atoms. The van der Waals surface area contributed by atoms with Crippen LogP contribution in [-0.2, 0) is 17.6 Å². The van der Waals surface area contributed by atoms with Crippen molar-refractivity contribution >= 4 is 27.5 Å². The molecule has 3 nitrogen and oxygen atoms in total. The third kappa shape index (κ3) is 3.99. The van der Waals surface area contributed by atoms with Crippen LogP contribution in [0.15, 0.2) is 46.9 Å². The molecule has 1 aliphatic heterocycles. The van der Waals surface area contributed by atoms with Gasteiger partial charge in [0.05, 0.1) is 6.61 Å². The number of nitrogens with zero attached hydrogens (tertiary/aromatic N) is 1. The van der Waals surface area contributed by atoms with Crippen LogP contribution in [0.4, 0.5) is 5.69 Å². The van der Waals surface area contributed by atoms with Gasteiger partial charge in [0, 0.05) is 23.1 Å². The van der Waals surface area contributed by atoms with Crippen LogP contribution in [-0.4, -0.2) is 19.1 Å². The van der Waals surface area contributed by atoms with E-state index in [4.69, 9.17) is 4.74 Å². The smallest absolute Gasteiger partial charge is 0.227 e. The Kier molecular flexibility index (Phi) is 5.56. The second-order valence-electron chi connectivity index (χ2n) is 6.02. The van der Waals surface area contributed by atoms with Crippen molar-refractivity contribution in [3.05, 3.63) is 58.1 Å². The van der Waals surface area contributed by atoms with Gasteiger partial charge >= 0.3 is 0 Å². The fourth-order valence-corrected chi connectivity index (χ4v) is 3.42. The number of aryl methyl sites for hydroxylation is 2. The quantitative estimate of drug-likeness (QED) is 0.668. The molecule has 0 aromatic heterocycles. The van der Waals surface area contributed by atoms with Gasteiger partial charge in [0.15, 0.2) is 0 Å². The van der Waals surface area contributed by atoms with Crippen molar-refractivity contribution in [2.24, 2.45) is 0 Å². The molecule has 4 heteroatoms. The van der Waals surface area contributed by atoms with E-state index in [-0.39, 0.29) is 5.91 Å². The Morgan fingerprint density at radius 3 is 2.67 bits per heavy atom. The lowest BCUT2D eigenvalue weighted by Gasteiger charge is -2.29. The summed E-state index contributed by atoms with van der Waals surface area (Å²) in [4.78, 5) is 14.1. The van der Waals surface area contributed by atoms with E-state index in [2.05, 4.69) is 41.1 Å². The third-order valence-corrected chi connectivity index (χ3v) is 4.86. The van der Waals surface area contributed by atoms with Gasteiger partial charge in [-0.2, -0.15) is 0 Å². The number of rotatable bonds is 6. The van der Waals surface area contributed by atoms with Gasteiger partial charge < -0.3 is 9.64 Å². The molecule has 2 aromatic carbocycles. The molecule has 0 radical (unpaired) electrons. The van der Waals surface area contributed by atoms with Crippen LogP contribution in [0.1, 0.15) is 30.9 Å². The van der Waals surface area contributed by atoms with Crippen LogP contribution in [0.3, 0.4) is 0 Å². The average molecular weight is 388 g/mol. The van der Waals surface area contributed by atoms with Gasteiger partial charge in [-0.05, 0) is 60.7 Å². The molecule has 0 atom stereocenters. The monoisotopic (exact) mass is 387 g/mol. The first-order valence-electron chi connectivity index (χ1n) is 8.48. The van der Waals surface area contributed by atoms with Crippen molar-refractivity contribution in [2.75, 3.05) is 18.1 Å². The number of fused-ring (bicyclic) bond motifs is 1. The Morgan fingerprint density at radius 1 is 1.12 bits per heavy atom. The van der Waals surface area contributed by atoms with Crippen molar-refractivity contribution in [1.29, 1.82) is 0 Å². The van der Waals surface area contributed by atoms with Crippen LogP contribution in [0.5, 0.6) is 5.75 Å². The number of carbonyl (C=O) groups excluding carboxylic acids is 1. The largest absolute Gasteiger partial charge is 0.494 e. The van der Waals surface area contributed by atoms with E-state index in [1.165, 1.54) is 11.1 Å². The van der Waals surface area contributed by atoms with E-state index < -0.39 is 0 Å². The van der Waals surface area contributed by atoms with Gasteiger partial charge in [-0.3, -0.25) is 4.79 Å². The van der Waals surface area contributed by atoms with E-state index in [0.717, 1.165) is 35.2 Å². The zero-order valence-electron chi connectivity index (χ0n) is 13.9. The summed E-state index contributed by atoms with van der Waals surface area (Å²) in [7, 11) is 0. The lowest BCUT2D eigenvalue weighted by molar-refractivity contribution is -0.118. The SMILES string of the molecule is CCc1ccc(OCCCN2C(=O)CCc3cc(Br)ccc32)cc1. The molecule has 2 aromatic rings. The lowest BCUT2D eigenvalue weighted by Crippen LogP contribution is -2.36. The molecule has 126 valence electrons. The van der Waals surface area contributed by atoms with Crippen LogP contribution in [0.2, 0.25) is 0 Å². The van der Waals surface area contributed by atoms with Gasteiger partial charge in [0.2, 0.25) is 5.91 Å². The molecule has 3 rings (SSSR count). The van der Waals surface area contributed by atoms with Gasteiger partial charge in [0.1, 0.15) is 5.75 Å². The number of anilines is 1. The summed E-state index contributed by atoms with van der Waals surface area (Å²) in [5, 5.41) is 0. The molecule has 1 amide bonds. The lowest BCUT2D eigenvalue weighted by atomic mass is 10.0. The summed E-state index contributed by atoms with van der Waals surface area (Å²) in [5.41, 5.74) is 3.59. The van der Waals surface area contributed by atoms with Gasteiger partial charge in [-0.25, -0.2) is 0 Å². The molecule has 1 heterocycles. The maximum atomic E-state index is 12.3. The summed E-state index contributed by atoms with van der Waals surface area (Å²) < 4.78 is 6.86. The predicted molar refractivity (Wildman–Crippen MR) is 101 cm³/mol. The predicted octanol–water partition coefficient (Wildman–Crippen LogP) is 4.76. The molecule has 0 aliphatic carbocycles. The molecule has 0 saturated heterocycles. The minimum absolute atomic E-state index is 0.206. The molecular weight excluding hydrogens is 366 g/mol. The van der Waals surface area contributed by atoms with Crippen molar-refractivity contribution in [3.63, 3.8) is 0 Å². The average Bonchev–Trinajstić information content (AvgIpc) is 2.60. The van der Waals surface area contributed by atoms with Gasteiger partial charge in [0.25, 0.3) is 0 Å².